The molecule has 0 unspecified atom stereocenters. The first-order chi connectivity index (χ1) is 29.9. The van der Waals surface area contributed by atoms with Crippen molar-refractivity contribution in [3.8, 4) is 0 Å². The Morgan fingerprint density at radius 2 is 1.46 bits per heavy atom. The highest BCUT2D eigenvalue weighted by atomic mass is 16.5. The van der Waals surface area contributed by atoms with E-state index in [0.717, 1.165) is 42.5 Å². The average Bonchev–Trinajstić information content (AvgIpc) is 3.90. The second-order valence-electron chi connectivity index (χ2n) is 17.2. The van der Waals surface area contributed by atoms with Crippen LogP contribution in [0.1, 0.15) is 97.0 Å². The SMILES string of the molecule is CC(=O)N[C@@H](CC(=O)O)C(=O)N[C@H](CCC(=O)O)C(=O)N[C@H](C(=O)N[C@H](C(=O)N1C[C@H](OCc2ccc3ccccc3c2)C[C@@H]1C(=O)NC1(C(=O)O)CC1)C(C)C)C1CCCCC1. The molecule has 1 heterocycles. The number of nitrogens with zero attached hydrogens (tertiary/aromatic N) is 1. The molecule has 3 fully saturated rings. The topological polar surface area (TPSA) is 287 Å². The number of carboxylic acids is 3. The summed E-state index contributed by atoms with van der Waals surface area (Å²) >= 11 is 0. The number of amides is 6. The van der Waals surface area contributed by atoms with Crippen molar-refractivity contribution < 1.29 is 63.2 Å². The van der Waals surface area contributed by atoms with Crippen LogP contribution in [0.5, 0.6) is 0 Å². The third kappa shape index (κ3) is 13.0. The molecule has 63 heavy (non-hydrogen) atoms. The van der Waals surface area contributed by atoms with Crippen molar-refractivity contribution in [1.29, 1.82) is 0 Å². The highest BCUT2D eigenvalue weighted by Gasteiger charge is 2.54. The Labute approximate surface area is 364 Å². The molecule has 2 aromatic rings. The number of hydrogen-bond acceptors (Lipinski definition) is 10. The fraction of sp³-hybridized carbons (Fsp3) is 0.568. The molecule has 5 rings (SSSR count). The number of nitrogens with one attached hydrogen (secondary N) is 5. The number of carboxylic acid groups (broad SMARTS) is 3. The first kappa shape index (κ1) is 47.9. The molecular weight excluding hydrogens is 821 g/mol. The molecule has 0 aromatic heterocycles. The van der Waals surface area contributed by atoms with Crippen molar-refractivity contribution in [2.45, 2.75) is 140 Å². The Morgan fingerprint density at radius 1 is 0.794 bits per heavy atom. The molecule has 8 N–H and O–H groups in total. The van der Waals surface area contributed by atoms with Gasteiger partial charge in [0.25, 0.3) is 0 Å². The van der Waals surface area contributed by atoms with Gasteiger partial charge >= 0.3 is 17.9 Å². The third-order valence-corrected chi connectivity index (χ3v) is 12.0. The maximum absolute atomic E-state index is 14.6. The van der Waals surface area contributed by atoms with Gasteiger partial charge in [-0.3, -0.25) is 38.4 Å². The number of ether oxygens (including phenoxy) is 1. The van der Waals surface area contributed by atoms with Crippen LogP contribution in [-0.4, -0.2) is 122 Å². The monoisotopic (exact) mass is 878 g/mol. The van der Waals surface area contributed by atoms with Gasteiger partial charge in [-0.1, -0.05) is 69.5 Å². The van der Waals surface area contributed by atoms with E-state index in [1.165, 1.54) is 4.90 Å². The van der Waals surface area contributed by atoms with Crippen molar-refractivity contribution in [3.63, 3.8) is 0 Å². The molecule has 19 heteroatoms. The van der Waals surface area contributed by atoms with Crippen LogP contribution in [-0.2, 0) is 54.5 Å². The average molecular weight is 879 g/mol. The first-order valence-corrected chi connectivity index (χ1v) is 21.4. The Bertz CT molecular complexity index is 2050. The highest BCUT2D eigenvalue weighted by Crippen LogP contribution is 2.36. The van der Waals surface area contributed by atoms with Gasteiger partial charge in [-0.15, -0.1) is 0 Å². The van der Waals surface area contributed by atoms with Crippen LogP contribution < -0.4 is 26.6 Å². The highest BCUT2D eigenvalue weighted by molar-refractivity contribution is 5.98. The number of carbonyl (C=O) groups is 9. The van der Waals surface area contributed by atoms with Crippen molar-refractivity contribution in [3.05, 3.63) is 48.0 Å². The van der Waals surface area contributed by atoms with Crippen LogP contribution in [0.2, 0.25) is 0 Å². The van der Waals surface area contributed by atoms with Gasteiger partial charge in [0.05, 0.1) is 19.1 Å². The standard InChI is InChI=1S/C44H58N6O13/c1-24(2)36(42(60)50-22-30(20-33(50)40(58)49-44(17-18-44)43(61)62)63-23-26-13-14-27-9-7-8-12-29(27)19-26)47-41(59)37(28-10-5-4-6-11-28)48-38(56)31(15-16-34(52)53)46-39(57)32(21-35(54)55)45-25(3)51/h7-9,12-14,19,24,28,30-33,36-37H,4-6,10-11,15-18,20-23H2,1-3H3,(H,45,51)(H,46,57)(H,47,59)(H,48,56)(H,49,58)(H,52,53)(H,54,55)(H,61,62)/t30-,31-,32+,33-,36+,37+/m1/s1. The molecule has 2 aliphatic carbocycles. The summed E-state index contributed by atoms with van der Waals surface area (Å²) in [6.45, 7) is 4.58. The molecular formula is C44H58N6O13. The van der Waals surface area contributed by atoms with Crippen molar-refractivity contribution in [2.75, 3.05) is 6.54 Å². The van der Waals surface area contributed by atoms with E-state index in [4.69, 9.17) is 4.74 Å². The Balaban J connectivity index is 1.36. The lowest BCUT2D eigenvalue weighted by Crippen LogP contribution is -2.62. The number of hydrogen-bond donors (Lipinski definition) is 8. The third-order valence-electron chi connectivity index (χ3n) is 12.0. The summed E-state index contributed by atoms with van der Waals surface area (Å²) in [5.74, 6) is -9.62. The zero-order valence-corrected chi connectivity index (χ0v) is 35.7. The fourth-order valence-electron chi connectivity index (χ4n) is 8.28. The van der Waals surface area contributed by atoms with E-state index in [1.807, 2.05) is 42.5 Å². The van der Waals surface area contributed by atoms with Gasteiger partial charge in [-0.05, 0) is 66.3 Å². The minimum atomic E-state index is -1.59. The van der Waals surface area contributed by atoms with Gasteiger partial charge in [0.2, 0.25) is 35.4 Å². The van der Waals surface area contributed by atoms with Gasteiger partial charge in [0, 0.05) is 26.3 Å². The lowest BCUT2D eigenvalue weighted by Gasteiger charge is -2.35. The van der Waals surface area contributed by atoms with Crippen LogP contribution >= 0.6 is 0 Å². The van der Waals surface area contributed by atoms with Gasteiger partial charge in [-0.25, -0.2) is 4.79 Å². The van der Waals surface area contributed by atoms with E-state index in [1.54, 1.807) is 13.8 Å². The summed E-state index contributed by atoms with van der Waals surface area (Å²) in [6, 6.07) is 6.91. The van der Waals surface area contributed by atoms with Gasteiger partial charge in [0.1, 0.15) is 35.7 Å². The Hall–Kier alpha value is -6.11. The number of rotatable bonds is 21. The van der Waals surface area contributed by atoms with Crippen LogP contribution in [0, 0.1) is 11.8 Å². The zero-order chi connectivity index (χ0) is 46.0. The van der Waals surface area contributed by atoms with Gasteiger partial charge in [0.15, 0.2) is 0 Å². The maximum atomic E-state index is 14.6. The second kappa shape index (κ2) is 21.3. The largest absolute Gasteiger partial charge is 0.481 e. The van der Waals surface area contributed by atoms with Crippen LogP contribution in [0.3, 0.4) is 0 Å². The number of likely N-dealkylation sites (tertiary alicyclic amines) is 1. The number of benzene rings is 2. The van der Waals surface area contributed by atoms with Crippen LogP contribution in [0.4, 0.5) is 0 Å². The fourth-order valence-corrected chi connectivity index (χ4v) is 8.28. The molecule has 2 aromatic carbocycles. The Kier molecular flexibility index (Phi) is 16.2. The normalized spacial score (nSPS) is 20.1. The minimum absolute atomic E-state index is 0.0429. The summed E-state index contributed by atoms with van der Waals surface area (Å²) in [5, 5.41) is 43.3. The van der Waals surface area contributed by atoms with E-state index in [-0.39, 0.29) is 32.4 Å². The van der Waals surface area contributed by atoms with Crippen molar-refractivity contribution in [2.24, 2.45) is 11.8 Å². The van der Waals surface area contributed by atoms with Crippen molar-refractivity contribution in [1.82, 2.24) is 31.5 Å². The smallest absolute Gasteiger partial charge is 0.329 e. The van der Waals surface area contributed by atoms with E-state index in [2.05, 4.69) is 26.6 Å². The zero-order valence-electron chi connectivity index (χ0n) is 35.7. The molecule has 6 atom stereocenters. The molecule has 6 amide bonds. The summed E-state index contributed by atoms with van der Waals surface area (Å²) < 4.78 is 6.27. The Morgan fingerprint density at radius 3 is 2.06 bits per heavy atom. The van der Waals surface area contributed by atoms with E-state index >= 15 is 0 Å². The van der Waals surface area contributed by atoms with Crippen molar-refractivity contribution >= 4 is 64.1 Å². The molecule has 19 nitrogen and oxygen atoms in total. The number of fused-ring (bicyclic) bond motifs is 1. The van der Waals surface area contributed by atoms with Crippen LogP contribution in [0.15, 0.2) is 42.5 Å². The first-order valence-electron chi connectivity index (χ1n) is 21.4. The van der Waals surface area contributed by atoms with Crippen LogP contribution in [0.25, 0.3) is 10.8 Å². The summed E-state index contributed by atoms with van der Waals surface area (Å²) in [6.07, 6.45) is 1.40. The van der Waals surface area contributed by atoms with Gasteiger partial charge in [-0.2, -0.15) is 0 Å². The second-order valence-corrected chi connectivity index (χ2v) is 17.2. The summed E-state index contributed by atoms with van der Waals surface area (Å²) in [5.41, 5.74) is -0.571. The molecule has 3 aliphatic rings. The molecule has 0 radical (unpaired) electrons. The summed E-state index contributed by atoms with van der Waals surface area (Å²) in [4.78, 5) is 118. The maximum Gasteiger partial charge on any atom is 0.329 e. The van der Waals surface area contributed by atoms with E-state index < -0.39 is 126 Å². The molecule has 1 saturated heterocycles. The number of aliphatic carboxylic acids is 3. The quantitative estimate of drug-likeness (QED) is 0.0886. The van der Waals surface area contributed by atoms with E-state index in [9.17, 15) is 58.5 Å². The molecule has 1 aliphatic heterocycles. The molecule has 2 saturated carbocycles. The molecule has 0 bridgehead atoms. The predicted octanol–water partition coefficient (Wildman–Crippen LogP) is 1.59. The lowest BCUT2D eigenvalue weighted by atomic mass is 9.83. The predicted molar refractivity (Wildman–Crippen MR) is 224 cm³/mol. The minimum Gasteiger partial charge on any atom is -0.481 e. The lowest BCUT2D eigenvalue weighted by molar-refractivity contribution is -0.146. The summed E-state index contributed by atoms with van der Waals surface area (Å²) in [7, 11) is 0. The molecule has 342 valence electrons. The number of carbonyl (C=O) groups excluding carboxylic acids is 6. The van der Waals surface area contributed by atoms with E-state index in [0.29, 0.717) is 12.8 Å². The van der Waals surface area contributed by atoms with Gasteiger partial charge < -0.3 is 51.5 Å². The molecule has 0 spiro atoms.